The summed E-state index contributed by atoms with van der Waals surface area (Å²) in [7, 11) is -7.24. The molecular weight excluding hydrogens is 448 g/mol. The smallest absolute Gasteiger partial charge is 0.225 e. The third kappa shape index (κ3) is 4.67. The van der Waals surface area contributed by atoms with Gasteiger partial charge in [-0.2, -0.15) is 0 Å². The molecule has 2 aliphatic heterocycles. The second-order valence-electron chi connectivity index (χ2n) is 9.57. The average molecular weight is 479 g/mol. The van der Waals surface area contributed by atoms with Crippen molar-refractivity contribution in [3.05, 3.63) is 48.3 Å². The maximum atomic E-state index is 13.5. The molecule has 4 rings (SSSR count). The number of piperazine rings is 1. The molecule has 0 N–H and O–H groups in total. The van der Waals surface area contributed by atoms with Gasteiger partial charge in [0.1, 0.15) is 0 Å². The molecule has 3 heterocycles. The van der Waals surface area contributed by atoms with Crippen molar-refractivity contribution < 1.29 is 16.8 Å². The molecule has 0 aliphatic carbocycles. The molecule has 10 heteroatoms. The van der Waals surface area contributed by atoms with Gasteiger partial charge >= 0.3 is 0 Å². The molecule has 0 spiro atoms. The van der Waals surface area contributed by atoms with E-state index in [9.17, 15) is 16.8 Å². The highest BCUT2D eigenvalue weighted by molar-refractivity contribution is 7.96. The molecule has 2 aromatic rings. The van der Waals surface area contributed by atoms with E-state index < -0.39 is 31.0 Å². The summed E-state index contributed by atoms with van der Waals surface area (Å²) < 4.78 is 52.0. The van der Waals surface area contributed by atoms with E-state index in [4.69, 9.17) is 0 Å². The first-order valence-corrected chi connectivity index (χ1v) is 14.1. The summed E-state index contributed by atoms with van der Waals surface area (Å²) in [6.45, 7) is 8.56. The number of aromatic nitrogens is 2. The Labute approximate surface area is 190 Å². The monoisotopic (exact) mass is 478 g/mol. The molecule has 0 bridgehead atoms. The summed E-state index contributed by atoms with van der Waals surface area (Å²) in [5.74, 6) is 0.177. The Morgan fingerprint density at radius 1 is 0.938 bits per heavy atom. The van der Waals surface area contributed by atoms with E-state index in [1.165, 1.54) is 0 Å². The third-order valence-corrected chi connectivity index (χ3v) is 10.5. The predicted molar refractivity (Wildman–Crippen MR) is 124 cm³/mol. The number of rotatable bonds is 4. The van der Waals surface area contributed by atoms with E-state index in [1.807, 2.05) is 21.9 Å². The lowest BCUT2D eigenvalue weighted by atomic mass is 9.87. The molecule has 2 saturated heterocycles. The lowest BCUT2D eigenvalue weighted by molar-refractivity contribution is 0.201. The average Bonchev–Trinajstić information content (AvgIpc) is 3.10. The van der Waals surface area contributed by atoms with Crippen molar-refractivity contribution in [1.29, 1.82) is 0 Å². The van der Waals surface area contributed by atoms with Crippen molar-refractivity contribution in [2.45, 2.75) is 42.4 Å². The molecular formula is C22H30N4O4S2. The quantitative estimate of drug-likeness (QED) is 0.652. The highest BCUT2D eigenvalue weighted by atomic mass is 32.2. The fourth-order valence-electron chi connectivity index (χ4n) is 4.46. The van der Waals surface area contributed by atoms with Gasteiger partial charge in [-0.1, -0.05) is 32.9 Å². The van der Waals surface area contributed by atoms with Crippen molar-refractivity contribution in [3.8, 4) is 0 Å². The maximum absolute atomic E-state index is 13.5. The van der Waals surface area contributed by atoms with Crippen LogP contribution in [0.1, 0.15) is 26.3 Å². The van der Waals surface area contributed by atoms with Crippen LogP contribution in [0.4, 0.5) is 5.95 Å². The highest BCUT2D eigenvalue weighted by Gasteiger charge is 2.48. The number of hydrogen-bond acceptors (Lipinski definition) is 8. The minimum atomic E-state index is -3.80. The number of hydrogen-bond donors (Lipinski definition) is 0. The summed E-state index contributed by atoms with van der Waals surface area (Å²) in [5.41, 5.74) is 0.940. The molecule has 1 aromatic heterocycles. The molecule has 0 radical (unpaired) electrons. The Morgan fingerprint density at radius 2 is 1.53 bits per heavy atom. The lowest BCUT2D eigenvalue weighted by Crippen LogP contribution is -2.55. The van der Waals surface area contributed by atoms with Crippen LogP contribution in [-0.4, -0.2) is 80.7 Å². The summed E-state index contributed by atoms with van der Waals surface area (Å²) in [6, 6.07) is 8.08. The van der Waals surface area contributed by atoms with Crippen LogP contribution in [0.3, 0.4) is 0 Å². The summed E-state index contributed by atoms with van der Waals surface area (Å²) in [4.78, 5) is 12.8. The molecule has 8 nitrogen and oxygen atoms in total. The Bertz CT molecular complexity index is 1150. The number of sulfone groups is 2. The van der Waals surface area contributed by atoms with Crippen LogP contribution in [0, 0.1) is 0 Å². The number of benzene rings is 1. The summed E-state index contributed by atoms with van der Waals surface area (Å²) in [5, 5.41) is -0.965. The Kier molecular flexibility index (Phi) is 6.06. The van der Waals surface area contributed by atoms with Crippen molar-refractivity contribution >= 4 is 25.6 Å². The molecule has 32 heavy (non-hydrogen) atoms. The third-order valence-electron chi connectivity index (χ3n) is 6.34. The normalized spacial score (nSPS) is 24.5. The van der Waals surface area contributed by atoms with Crippen LogP contribution in [0.5, 0.6) is 0 Å². The van der Waals surface area contributed by atoms with Gasteiger partial charge in [-0.3, -0.25) is 4.90 Å². The van der Waals surface area contributed by atoms with Crippen LogP contribution in [0.15, 0.2) is 47.6 Å². The van der Waals surface area contributed by atoms with Gasteiger partial charge < -0.3 is 4.90 Å². The van der Waals surface area contributed by atoms with E-state index in [0.29, 0.717) is 32.1 Å². The van der Waals surface area contributed by atoms with E-state index in [2.05, 4.69) is 30.7 Å². The second-order valence-corrected chi connectivity index (χ2v) is 13.9. The molecule has 2 atom stereocenters. The van der Waals surface area contributed by atoms with Gasteiger partial charge in [-0.15, -0.1) is 0 Å². The van der Waals surface area contributed by atoms with Gasteiger partial charge in [-0.25, -0.2) is 26.8 Å². The van der Waals surface area contributed by atoms with E-state index in [1.54, 1.807) is 30.6 Å². The molecule has 0 unspecified atom stereocenters. The van der Waals surface area contributed by atoms with Gasteiger partial charge in [-0.05, 0) is 29.2 Å². The largest absolute Gasteiger partial charge is 0.338 e. The maximum Gasteiger partial charge on any atom is 0.225 e. The van der Waals surface area contributed by atoms with Crippen molar-refractivity contribution in [1.82, 2.24) is 14.9 Å². The fraction of sp³-hybridized carbons (Fsp3) is 0.545. The highest BCUT2D eigenvalue weighted by Crippen LogP contribution is 2.31. The molecule has 0 amide bonds. The second kappa shape index (κ2) is 8.39. The first kappa shape index (κ1) is 23.1. The first-order chi connectivity index (χ1) is 15.0. The minimum absolute atomic E-state index is 0.0936. The molecule has 2 fully saturated rings. The van der Waals surface area contributed by atoms with Crippen LogP contribution in [-0.2, 0) is 25.1 Å². The van der Waals surface area contributed by atoms with Gasteiger partial charge in [0.15, 0.2) is 19.7 Å². The van der Waals surface area contributed by atoms with Crippen LogP contribution in [0.25, 0.3) is 0 Å². The van der Waals surface area contributed by atoms with Crippen molar-refractivity contribution in [2.24, 2.45) is 0 Å². The lowest BCUT2D eigenvalue weighted by Gasteiger charge is -2.39. The first-order valence-electron chi connectivity index (χ1n) is 10.8. The molecule has 0 saturated carbocycles. The number of anilines is 1. The Hall–Kier alpha value is -2.04. The minimum Gasteiger partial charge on any atom is -0.338 e. The predicted octanol–water partition coefficient (Wildman–Crippen LogP) is 1.54. The molecule has 2 aliphatic rings. The standard InChI is InChI=1S/C22H30N4O4S2/c1-22(2,3)17-5-7-18(8-6-17)32(29,30)20-16-31(27,28)15-19(20)25-11-13-26(14-12-25)21-23-9-4-10-24-21/h4-10,19-20H,11-16H2,1-3H3/t19-,20-/m0/s1. The summed E-state index contributed by atoms with van der Waals surface area (Å²) >= 11 is 0. The molecule has 174 valence electrons. The molecule has 1 aromatic carbocycles. The van der Waals surface area contributed by atoms with Gasteiger partial charge in [0, 0.05) is 44.6 Å². The SMILES string of the molecule is CC(C)(C)c1ccc(S(=O)(=O)[C@H]2CS(=O)(=O)C[C@@H]2N2CCN(c3ncccn3)CC2)cc1. The van der Waals surface area contributed by atoms with Gasteiger partial charge in [0.25, 0.3) is 0 Å². The van der Waals surface area contributed by atoms with Crippen molar-refractivity contribution in [3.63, 3.8) is 0 Å². The van der Waals surface area contributed by atoms with Gasteiger partial charge in [0.05, 0.1) is 21.7 Å². The van der Waals surface area contributed by atoms with Crippen LogP contribution >= 0.6 is 0 Å². The Morgan fingerprint density at radius 3 is 2.09 bits per heavy atom. The Balaban J connectivity index is 1.55. The zero-order valence-electron chi connectivity index (χ0n) is 18.7. The van der Waals surface area contributed by atoms with Gasteiger partial charge in [0.2, 0.25) is 5.95 Å². The zero-order chi connectivity index (χ0) is 23.1. The van der Waals surface area contributed by atoms with E-state index >= 15 is 0 Å². The fourth-order valence-corrected chi connectivity index (χ4v) is 9.29. The van der Waals surface area contributed by atoms with E-state index in [0.717, 1.165) is 5.56 Å². The zero-order valence-corrected chi connectivity index (χ0v) is 20.3. The number of nitrogens with zero attached hydrogens (tertiary/aromatic N) is 4. The van der Waals surface area contributed by atoms with E-state index in [-0.39, 0.29) is 21.8 Å². The van der Waals surface area contributed by atoms with Crippen LogP contribution < -0.4 is 4.90 Å². The topological polar surface area (TPSA) is 101 Å². The van der Waals surface area contributed by atoms with Crippen LogP contribution in [0.2, 0.25) is 0 Å². The van der Waals surface area contributed by atoms with Crippen molar-refractivity contribution in [2.75, 3.05) is 42.6 Å². The summed E-state index contributed by atoms with van der Waals surface area (Å²) in [6.07, 6.45) is 3.37.